The zero-order valence-corrected chi connectivity index (χ0v) is 25.1. The average Bonchev–Trinajstić information content (AvgIpc) is 2.96. The van der Waals surface area contributed by atoms with Crippen molar-refractivity contribution in [2.75, 3.05) is 51.8 Å². The Morgan fingerprint density at radius 2 is 1.98 bits per heavy atom. The summed E-state index contributed by atoms with van der Waals surface area (Å²) in [5, 5.41) is 16.1. The second-order valence-corrected chi connectivity index (χ2v) is 10.7. The van der Waals surface area contributed by atoms with Gasteiger partial charge in [0.2, 0.25) is 5.96 Å². The Morgan fingerprint density at radius 3 is 2.59 bits per heavy atom. The molecule has 0 radical (unpaired) electrons. The number of amides is 1. The van der Waals surface area contributed by atoms with E-state index in [2.05, 4.69) is 42.4 Å². The predicted octanol–water partition coefficient (Wildman–Crippen LogP) is 3.48. The fourth-order valence-electron chi connectivity index (χ4n) is 4.19. The van der Waals surface area contributed by atoms with E-state index in [9.17, 15) is 18.0 Å². The van der Waals surface area contributed by atoms with Crippen molar-refractivity contribution in [1.82, 2.24) is 15.5 Å². The molecule has 3 rings (SSSR count). The van der Waals surface area contributed by atoms with Crippen molar-refractivity contribution < 1.29 is 27.4 Å². The first-order valence-corrected chi connectivity index (χ1v) is 13.7. The van der Waals surface area contributed by atoms with Crippen LogP contribution in [0, 0.1) is 10.8 Å². The Hall–Kier alpha value is -4.50. The van der Waals surface area contributed by atoms with E-state index in [0.717, 1.165) is 31.3 Å². The third-order valence-electron chi connectivity index (χ3n) is 6.41. The second kappa shape index (κ2) is 14.8. The van der Waals surface area contributed by atoms with Gasteiger partial charge in [-0.2, -0.15) is 13.2 Å². The molecule has 1 aromatic carbocycles. The number of rotatable bonds is 9. The Kier molecular flexibility index (Phi) is 11.4. The summed E-state index contributed by atoms with van der Waals surface area (Å²) in [7, 11) is 1.44. The van der Waals surface area contributed by atoms with Gasteiger partial charge in [0.1, 0.15) is 28.8 Å². The number of hydrogen-bond donors (Lipinski definition) is 5. The smallest absolute Gasteiger partial charge is 0.418 e. The SMILES string of the molecule is C=C/N=C1/C=NC(NCCN2CCOCC2)=N/C1=C(/N)Nc1cc(C(=O)NC(=N)/C=C(\OC)C(C)(C)C)ccc1C(F)(F)F. The topological polar surface area (TPSA) is 162 Å². The first-order chi connectivity index (χ1) is 20.7. The third kappa shape index (κ3) is 9.50. The van der Waals surface area contributed by atoms with Crippen molar-refractivity contribution in [3.63, 3.8) is 0 Å². The Labute approximate surface area is 254 Å². The molecule has 6 N–H and O–H groups in total. The number of halogens is 3. The van der Waals surface area contributed by atoms with Gasteiger partial charge in [-0.1, -0.05) is 27.4 Å². The Morgan fingerprint density at radius 1 is 1.27 bits per heavy atom. The van der Waals surface area contributed by atoms with Gasteiger partial charge in [-0.25, -0.2) is 9.98 Å². The monoisotopic (exact) mass is 617 g/mol. The highest BCUT2D eigenvalue weighted by Gasteiger charge is 2.34. The van der Waals surface area contributed by atoms with Crippen LogP contribution in [0.1, 0.15) is 36.7 Å². The highest BCUT2D eigenvalue weighted by Crippen LogP contribution is 2.36. The molecule has 1 aromatic rings. The molecule has 2 aliphatic heterocycles. The van der Waals surface area contributed by atoms with Crippen LogP contribution in [0.3, 0.4) is 0 Å². The number of anilines is 1. The highest BCUT2D eigenvalue weighted by atomic mass is 19.4. The second-order valence-electron chi connectivity index (χ2n) is 10.7. The molecule has 12 nitrogen and oxygen atoms in total. The number of allylic oxidation sites excluding steroid dienone is 2. The molecule has 1 saturated heterocycles. The van der Waals surface area contributed by atoms with E-state index < -0.39 is 28.7 Å². The van der Waals surface area contributed by atoms with Gasteiger partial charge < -0.3 is 31.2 Å². The van der Waals surface area contributed by atoms with Gasteiger partial charge in [0, 0.05) is 49.4 Å². The Bertz CT molecular complexity index is 1400. The number of carbonyl (C=O) groups is 1. The van der Waals surface area contributed by atoms with E-state index in [1.54, 1.807) is 0 Å². The maximum absolute atomic E-state index is 14.0. The first-order valence-electron chi connectivity index (χ1n) is 13.7. The summed E-state index contributed by atoms with van der Waals surface area (Å²) in [6, 6.07) is 2.76. The first kappa shape index (κ1) is 34.0. The minimum absolute atomic E-state index is 0.0259. The van der Waals surface area contributed by atoms with Crippen LogP contribution in [0.2, 0.25) is 0 Å². The number of alkyl halides is 3. The number of aliphatic imine (C=N–C) groups is 3. The van der Waals surface area contributed by atoms with E-state index in [-0.39, 0.29) is 34.6 Å². The summed E-state index contributed by atoms with van der Waals surface area (Å²) < 4.78 is 52.6. The van der Waals surface area contributed by atoms with Crippen LogP contribution in [0.5, 0.6) is 0 Å². The van der Waals surface area contributed by atoms with Crippen molar-refractivity contribution in [3.8, 4) is 0 Å². The summed E-state index contributed by atoms with van der Waals surface area (Å²) in [5.41, 5.74) is 4.28. The van der Waals surface area contributed by atoms with Crippen molar-refractivity contribution in [1.29, 1.82) is 5.41 Å². The Balaban J connectivity index is 1.88. The van der Waals surface area contributed by atoms with E-state index in [0.29, 0.717) is 32.1 Å². The molecule has 0 atom stereocenters. The standard InChI is InChI=1S/C29H38F3N9O3/c1-6-35-21-17-37-27(36-9-10-41-11-13-44-14-12-41)40-24(21)25(34)38-20-15-18(7-8-19(20)29(30,31)32)26(42)39-23(33)16-22(43-5)28(2,3)4/h6-8,15-17,38H,1,9-14,34H2,2-5H3,(H,36,40)(H2,33,39,42)/b22-16-,25-24-,35-21-. The molecule has 0 spiro atoms. The number of ether oxygens (including phenoxy) is 2. The minimum atomic E-state index is -4.78. The van der Waals surface area contributed by atoms with Gasteiger partial charge >= 0.3 is 6.18 Å². The average molecular weight is 618 g/mol. The van der Waals surface area contributed by atoms with Gasteiger partial charge in [-0.05, 0) is 18.2 Å². The molecule has 0 saturated carbocycles. The van der Waals surface area contributed by atoms with Crippen LogP contribution >= 0.6 is 0 Å². The molecule has 1 amide bonds. The zero-order valence-electron chi connectivity index (χ0n) is 25.1. The number of carbonyl (C=O) groups excluding carboxylic acids is 1. The number of morpholine rings is 1. The van der Waals surface area contributed by atoms with Gasteiger partial charge in [-0.3, -0.25) is 20.1 Å². The van der Waals surface area contributed by atoms with Crippen LogP contribution in [0.25, 0.3) is 0 Å². The fraction of sp³-hybridized carbons (Fsp3) is 0.414. The summed E-state index contributed by atoms with van der Waals surface area (Å²) in [5.74, 6) is -0.740. The summed E-state index contributed by atoms with van der Waals surface area (Å²) in [6.45, 7) is 13.3. The molecule has 2 aliphatic rings. The molecular formula is C29H38F3N9O3. The zero-order chi connectivity index (χ0) is 32.5. The number of hydrogen-bond acceptors (Lipinski definition) is 11. The lowest BCUT2D eigenvalue weighted by atomic mass is 9.93. The lowest BCUT2D eigenvalue weighted by molar-refractivity contribution is -0.136. The third-order valence-corrected chi connectivity index (χ3v) is 6.41. The van der Waals surface area contributed by atoms with E-state index in [1.165, 1.54) is 25.6 Å². The summed E-state index contributed by atoms with van der Waals surface area (Å²) >= 11 is 0. The summed E-state index contributed by atoms with van der Waals surface area (Å²) in [6.07, 6.45) is -0.848. The molecule has 0 bridgehead atoms. The van der Waals surface area contributed by atoms with Gasteiger partial charge in [0.25, 0.3) is 5.91 Å². The lowest BCUT2D eigenvalue weighted by Gasteiger charge is -2.26. The quantitative estimate of drug-likeness (QED) is 0.161. The number of guanidine groups is 1. The highest BCUT2D eigenvalue weighted by molar-refractivity contribution is 6.41. The minimum Gasteiger partial charge on any atom is -0.500 e. The van der Waals surface area contributed by atoms with E-state index in [1.807, 2.05) is 20.8 Å². The molecular weight excluding hydrogens is 579 g/mol. The molecule has 15 heteroatoms. The van der Waals surface area contributed by atoms with Crippen molar-refractivity contribution in [2.24, 2.45) is 26.1 Å². The van der Waals surface area contributed by atoms with Crippen LogP contribution < -0.4 is 21.7 Å². The molecule has 0 aliphatic carbocycles. The normalized spacial score (nSPS) is 18.4. The van der Waals surface area contributed by atoms with E-state index >= 15 is 0 Å². The molecule has 2 heterocycles. The number of methoxy groups -OCH3 is 1. The predicted molar refractivity (Wildman–Crippen MR) is 165 cm³/mol. The number of nitrogens with zero attached hydrogens (tertiary/aromatic N) is 4. The number of nitrogens with one attached hydrogen (secondary N) is 4. The van der Waals surface area contributed by atoms with Crippen molar-refractivity contribution in [2.45, 2.75) is 26.9 Å². The van der Waals surface area contributed by atoms with Gasteiger partial charge in [-0.15, -0.1) is 0 Å². The van der Waals surface area contributed by atoms with Crippen LogP contribution in [-0.4, -0.2) is 81.0 Å². The number of benzene rings is 1. The van der Waals surface area contributed by atoms with Crippen LogP contribution in [-0.2, 0) is 15.7 Å². The number of amidine groups is 1. The van der Waals surface area contributed by atoms with Gasteiger partial charge in [0.15, 0.2) is 0 Å². The van der Waals surface area contributed by atoms with Crippen molar-refractivity contribution in [3.05, 3.63) is 65.5 Å². The lowest BCUT2D eigenvalue weighted by Crippen LogP contribution is -2.41. The molecule has 1 fully saturated rings. The maximum atomic E-state index is 14.0. The largest absolute Gasteiger partial charge is 0.500 e. The van der Waals surface area contributed by atoms with Crippen molar-refractivity contribution >= 4 is 35.3 Å². The van der Waals surface area contributed by atoms with Crippen LogP contribution in [0.4, 0.5) is 18.9 Å². The maximum Gasteiger partial charge on any atom is 0.418 e. The summed E-state index contributed by atoms with van der Waals surface area (Å²) in [4.78, 5) is 27.8. The fourth-order valence-corrected chi connectivity index (χ4v) is 4.19. The van der Waals surface area contributed by atoms with Crippen LogP contribution in [0.15, 0.2) is 69.3 Å². The molecule has 44 heavy (non-hydrogen) atoms. The molecule has 0 unspecified atom stereocenters. The molecule has 238 valence electrons. The van der Waals surface area contributed by atoms with Gasteiger partial charge in [0.05, 0.1) is 37.8 Å². The molecule has 0 aromatic heterocycles. The van der Waals surface area contributed by atoms with E-state index in [4.69, 9.17) is 20.6 Å². The number of nitrogens with two attached hydrogens (primary N) is 1.